The van der Waals surface area contributed by atoms with E-state index in [1.54, 1.807) is 0 Å². The molecule has 4 heteroatoms. The van der Waals surface area contributed by atoms with Crippen molar-refractivity contribution < 1.29 is 9.53 Å². The molecule has 1 fully saturated rings. The van der Waals surface area contributed by atoms with Crippen LogP contribution >= 0.6 is 23.5 Å². The highest BCUT2D eigenvalue weighted by molar-refractivity contribution is 8.18. The lowest BCUT2D eigenvalue weighted by Gasteiger charge is -2.41. The summed E-state index contributed by atoms with van der Waals surface area (Å²) in [5.74, 6) is 2.04. The molecule has 1 aliphatic heterocycles. The lowest BCUT2D eigenvalue weighted by atomic mass is 9.95. The van der Waals surface area contributed by atoms with Gasteiger partial charge in [-0.1, -0.05) is 37.3 Å². The zero-order chi connectivity index (χ0) is 13.7. The average molecular weight is 296 g/mol. The number of hydrogen-bond donors (Lipinski definition) is 0. The molecule has 1 unspecified atom stereocenters. The minimum atomic E-state index is -0.179. The topological polar surface area (TPSA) is 26.3 Å². The van der Waals surface area contributed by atoms with Crippen LogP contribution in [-0.2, 0) is 13.6 Å². The summed E-state index contributed by atoms with van der Waals surface area (Å²) < 4.78 is 4.86. The van der Waals surface area contributed by atoms with E-state index in [0.717, 1.165) is 17.9 Å². The van der Waals surface area contributed by atoms with Crippen LogP contribution in [0.15, 0.2) is 30.3 Å². The van der Waals surface area contributed by atoms with Crippen LogP contribution in [0.2, 0.25) is 0 Å². The predicted octanol–water partition coefficient (Wildman–Crippen LogP) is 3.91. The van der Waals surface area contributed by atoms with Gasteiger partial charge in [-0.15, -0.1) is 23.5 Å². The van der Waals surface area contributed by atoms with E-state index < -0.39 is 0 Å². The summed E-state index contributed by atoms with van der Waals surface area (Å²) in [5.41, 5.74) is 1.24. The molecule has 2 nitrogen and oxygen atoms in total. The first-order valence-corrected chi connectivity index (χ1v) is 8.63. The van der Waals surface area contributed by atoms with Gasteiger partial charge in [0.25, 0.3) is 0 Å². The number of methoxy groups -OCH3 is 1. The standard InChI is InChI=1S/C15H20O2S2/c1-3-13(14(16)17-2)15(18-10-7-11-19-15)12-8-5-4-6-9-12/h4-6,8-9,13H,3,7,10-11H2,1-2H3. The largest absolute Gasteiger partial charge is 0.469 e. The Bertz CT molecular complexity index is 413. The van der Waals surface area contributed by atoms with Gasteiger partial charge in [-0.05, 0) is 29.9 Å². The average Bonchev–Trinajstić information content (AvgIpc) is 2.49. The first-order valence-electron chi connectivity index (χ1n) is 6.66. The van der Waals surface area contributed by atoms with Crippen molar-refractivity contribution >= 4 is 29.5 Å². The fourth-order valence-electron chi connectivity index (χ4n) is 2.52. The van der Waals surface area contributed by atoms with Crippen LogP contribution in [0.1, 0.15) is 25.3 Å². The van der Waals surface area contributed by atoms with Crippen molar-refractivity contribution in [2.45, 2.75) is 23.8 Å². The minimum Gasteiger partial charge on any atom is -0.469 e. The van der Waals surface area contributed by atoms with Crippen LogP contribution in [0.25, 0.3) is 0 Å². The SMILES string of the molecule is CCC(C(=O)OC)C1(c2ccccc2)SCCCS1. The Labute approximate surface area is 123 Å². The number of esters is 1. The summed E-state index contributed by atoms with van der Waals surface area (Å²) in [7, 11) is 1.49. The summed E-state index contributed by atoms with van der Waals surface area (Å²) in [6.45, 7) is 2.07. The van der Waals surface area contributed by atoms with Crippen molar-refractivity contribution in [2.24, 2.45) is 5.92 Å². The van der Waals surface area contributed by atoms with Crippen LogP contribution in [0.5, 0.6) is 0 Å². The van der Waals surface area contributed by atoms with Gasteiger partial charge in [-0.2, -0.15) is 0 Å². The second kappa shape index (κ2) is 6.71. The summed E-state index contributed by atoms with van der Waals surface area (Å²) in [6, 6.07) is 10.4. The maximum Gasteiger partial charge on any atom is 0.311 e. The third-order valence-electron chi connectivity index (χ3n) is 3.45. The molecule has 0 N–H and O–H groups in total. The van der Waals surface area contributed by atoms with Crippen molar-refractivity contribution in [1.82, 2.24) is 0 Å². The molecule has 1 atom stereocenters. The number of carbonyl (C=O) groups is 1. The van der Waals surface area contributed by atoms with Gasteiger partial charge in [-0.25, -0.2) is 0 Å². The quantitative estimate of drug-likeness (QED) is 0.787. The molecule has 0 spiro atoms. The van der Waals surface area contributed by atoms with E-state index in [-0.39, 0.29) is 16.0 Å². The first kappa shape index (κ1) is 14.8. The van der Waals surface area contributed by atoms with Crippen molar-refractivity contribution in [2.75, 3.05) is 18.6 Å². The van der Waals surface area contributed by atoms with Gasteiger partial charge in [0.05, 0.1) is 17.1 Å². The van der Waals surface area contributed by atoms with Gasteiger partial charge < -0.3 is 4.74 Å². The molecule has 0 radical (unpaired) electrons. The minimum absolute atomic E-state index is 0.0878. The third-order valence-corrected chi connectivity index (χ3v) is 7.04. The third kappa shape index (κ3) is 2.95. The normalized spacial score (nSPS) is 19.7. The second-order valence-electron chi connectivity index (χ2n) is 4.57. The summed E-state index contributed by atoms with van der Waals surface area (Å²) in [6.07, 6.45) is 2.02. The van der Waals surface area contributed by atoms with Crippen LogP contribution in [0, 0.1) is 5.92 Å². The Hall–Kier alpha value is -0.610. The molecule has 0 saturated carbocycles. The summed E-state index contributed by atoms with van der Waals surface area (Å²) in [4.78, 5) is 12.2. The van der Waals surface area contributed by atoms with Gasteiger partial charge in [0.1, 0.15) is 0 Å². The summed E-state index contributed by atoms with van der Waals surface area (Å²) >= 11 is 3.80. The molecule has 104 valence electrons. The number of hydrogen-bond acceptors (Lipinski definition) is 4. The molecule has 0 amide bonds. The number of thioether (sulfide) groups is 2. The molecule has 0 bridgehead atoms. The Morgan fingerprint density at radius 1 is 1.32 bits per heavy atom. The van der Waals surface area contributed by atoms with E-state index >= 15 is 0 Å². The van der Waals surface area contributed by atoms with E-state index in [1.807, 2.05) is 29.6 Å². The molecule has 1 aromatic rings. The maximum atomic E-state index is 12.2. The molecule has 0 aliphatic carbocycles. The van der Waals surface area contributed by atoms with E-state index in [4.69, 9.17) is 4.74 Å². The predicted molar refractivity (Wildman–Crippen MR) is 83.5 cm³/mol. The van der Waals surface area contributed by atoms with Gasteiger partial charge >= 0.3 is 5.97 Å². The Kier molecular flexibility index (Phi) is 5.22. The second-order valence-corrected chi connectivity index (χ2v) is 7.51. The highest BCUT2D eigenvalue weighted by Crippen LogP contribution is 2.56. The highest BCUT2D eigenvalue weighted by Gasteiger charge is 2.46. The molecular weight excluding hydrogens is 276 g/mol. The zero-order valence-corrected chi connectivity index (χ0v) is 13.1. The van der Waals surface area contributed by atoms with Gasteiger partial charge in [0.15, 0.2) is 0 Å². The Balaban J connectivity index is 2.42. The number of rotatable bonds is 4. The lowest BCUT2D eigenvalue weighted by Crippen LogP contribution is -2.37. The molecular formula is C15H20O2S2. The molecule has 2 rings (SSSR count). The Morgan fingerprint density at radius 3 is 2.47 bits per heavy atom. The number of benzene rings is 1. The lowest BCUT2D eigenvalue weighted by molar-refractivity contribution is -0.146. The van der Waals surface area contributed by atoms with Crippen molar-refractivity contribution in [3.63, 3.8) is 0 Å². The van der Waals surface area contributed by atoms with E-state index in [1.165, 1.54) is 19.1 Å². The molecule has 1 aromatic carbocycles. The van der Waals surface area contributed by atoms with E-state index in [0.29, 0.717) is 0 Å². The van der Waals surface area contributed by atoms with Crippen molar-refractivity contribution in [1.29, 1.82) is 0 Å². The summed E-state index contributed by atoms with van der Waals surface area (Å²) in [5, 5.41) is 0. The first-order chi connectivity index (χ1) is 9.24. The van der Waals surface area contributed by atoms with Crippen LogP contribution in [-0.4, -0.2) is 24.6 Å². The molecule has 1 saturated heterocycles. The number of ether oxygens (including phenoxy) is 1. The van der Waals surface area contributed by atoms with Crippen LogP contribution in [0.4, 0.5) is 0 Å². The molecule has 0 aromatic heterocycles. The van der Waals surface area contributed by atoms with E-state index in [2.05, 4.69) is 31.2 Å². The van der Waals surface area contributed by atoms with Gasteiger partial charge in [0.2, 0.25) is 0 Å². The fourth-order valence-corrected chi connectivity index (χ4v) is 6.25. The van der Waals surface area contributed by atoms with Crippen LogP contribution < -0.4 is 0 Å². The van der Waals surface area contributed by atoms with Crippen molar-refractivity contribution in [3.8, 4) is 0 Å². The molecule has 1 heterocycles. The monoisotopic (exact) mass is 296 g/mol. The number of carbonyl (C=O) groups excluding carboxylic acids is 1. The van der Waals surface area contributed by atoms with Crippen LogP contribution in [0.3, 0.4) is 0 Å². The van der Waals surface area contributed by atoms with Crippen molar-refractivity contribution in [3.05, 3.63) is 35.9 Å². The zero-order valence-electron chi connectivity index (χ0n) is 11.4. The maximum absolute atomic E-state index is 12.2. The smallest absolute Gasteiger partial charge is 0.311 e. The van der Waals surface area contributed by atoms with Gasteiger partial charge in [0, 0.05) is 0 Å². The van der Waals surface area contributed by atoms with E-state index in [9.17, 15) is 4.79 Å². The fraction of sp³-hybridized carbons (Fsp3) is 0.533. The molecule has 19 heavy (non-hydrogen) atoms. The Morgan fingerprint density at radius 2 is 1.95 bits per heavy atom. The highest BCUT2D eigenvalue weighted by atomic mass is 32.2. The van der Waals surface area contributed by atoms with Gasteiger partial charge in [-0.3, -0.25) is 4.79 Å². The molecule has 1 aliphatic rings.